The number of fused-ring (bicyclic) bond motifs is 5. The number of nitrogens with one attached hydrogen (secondary N) is 2. The predicted molar refractivity (Wildman–Crippen MR) is 256 cm³/mol. The summed E-state index contributed by atoms with van der Waals surface area (Å²) in [4.78, 5) is 88.5. The van der Waals surface area contributed by atoms with Crippen LogP contribution >= 0.6 is 0 Å². The molecule has 354 valence electrons. The number of ether oxygens (including phenoxy) is 1. The Labute approximate surface area is 398 Å². The third-order valence-electron chi connectivity index (χ3n) is 14.9. The second-order valence-electron chi connectivity index (χ2n) is 19.1. The highest BCUT2D eigenvalue weighted by Gasteiger charge is 2.45. The summed E-state index contributed by atoms with van der Waals surface area (Å²) < 4.78 is 23.4. The lowest BCUT2D eigenvalue weighted by Crippen LogP contribution is -2.56. The number of halogens is 1. The van der Waals surface area contributed by atoms with Gasteiger partial charge in [-0.1, -0.05) is 49.1 Å². The number of pyridine rings is 1. The summed E-state index contributed by atoms with van der Waals surface area (Å²) in [6.45, 7) is 6.05. The summed E-state index contributed by atoms with van der Waals surface area (Å²) in [7, 11) is 0. The first-order chi connectivity index (χ1) is 33.6. The van der Waals surface area contributed by atoms with E-state index in [-0.39, 0.29) is 59.6 Å². The average molecular weight is 933 g/mol. The van der Waals surface area contributed by atoms with Gasteiger partial charge in [-0.05, 0) is 61.8 Å². The van der Waals surface area contributed by atoms with E-state index >= 15 is 4.39 Å². The van der Waals surface area contributed by atoms with Crippen molar-refractivity contribution >= 4 is 62.7 Å². The van der Waals surface area contributed by atoms with Crippen LogP contribution in [0.2, 0.25) is 0 Å². The molecule has 5 fully saturated rings. The molecule has 17 heteroatoms. The van der Waals surface area contributed by atoms with Crippen molar-refractivity contribution in [3.05, 3.63) is 83.3 Å². The lowest BCUT2D eigenvalue weighted by Gasteiger charge is -2.39. The number of benzene rings is 3. The fourth-order valence-corrected chi connectivity index (χ4v) is 11.3. The summed E-state index contributed by atoms with van der Waals surface area (Å²) in [6.07, 6.45) is 13.5. The largest absolute Gasteiger partial charge is 0.462 e. The smallest absolute Gasteiger partial charge is 0.319 e. The zero-order valence-electron chi connectivity index (χ0n) is 38.3. The van der Waals surface area contributed by atoms with E-state index in [2.05, 4.69) is 31.3 Å². The molecule has 2 N–H and O–H groups in total. The summed E-state index contributed by atoms with van der Waals surface area (Å²) in [6, 6.07) is 16.2. The number of piperidine rings is 2. The number of hydrogen-bond acceptors (Lipinski definition) is 13. The highest BCUT2D eigenvalue weighted by molar-refractivity contribution is 6.23. The molecule has 16 nitrogen and oxygen atoms in total. The van der Waals surface area contributed by atoms with Gasteiger partial charge in [0, 0.05) is 112 Å². The molecule has 0 aliphatic carbocycles. The van der Waals surface area contributed by atoms with Crippen LogP contribution in [0.5, 0.6) is 6.01 Å². The quantitative estimate of drug-likeness (QED) is 0.156. The standard InChI is InChI=1S/C52H53FN10O6/c1-2-31-7-5-8-32-9-6-12-38(43(31)32)45-44(53)46-40(28-54-45)47(62-29-34-10-3-4-11-35(30-62)55-34)58-52(57-46)69-26-25-59-21-23-61(24-22-59)49(66)33-17-19-60(20-18-33)36-13-14-37-39(27-36)51(68)63(50(37)67)41-15-16-42(64)56-48(41)65/h1,5-9,12-14,27-28,33-35,41,55H,3-4,10-11,15-26,29-30H2,(H,56,64,65). The van der Waals surface area contributed by atoms with Gasteiger partial charge in [-0.3, -0.25) is 44.1 Å². The van der Waals surface area contributed by atoms with E-state index in [9.17, 15) is 24.0 Å². The highest BCUT2D eigenvalue weighted by atomic mass is 19.1. The Morgan fingerprint density at radius 2 is 1.57 bits per heavy atom. The number of anilines is 2. The zero-order chi connectivity index (χ0) is 47.3. The first-order valence-electron chi connectivity index (χ1n) is 24.2. The number of carbonyl (C=O) groups is 5. The number of rotatable bonds is 9. The van der Waals surface area contributed by atoms with E-state index in [0.717, 1.165) is 60.1 Å². The average Bonchev–Trinajstić information content (AvgIpc) is 3.49. The number of nitrogens with zero attached hydrogens (tertiary/aromatic N) is 8. The van der Waals surface area contributed by atoms with Crippen LogP contribution < -0.4 is 25.2 Å². The Hall–Kier alpha value is -7.03. The number of terminal acetylenes is 1. The van der Waals surface area contributed by atoms with E-state index in [1.165, 1.54) is 0 Å². The van der Waals surface area contributed by atoms with Crippen LogP contribution in [0, 0.1) is 24.1 Å². The Kier molecular flexibility index (Phi) is 11.9. The minimum Gasteiger partial charge on any atom is -0.462 e. The zero-order valence-corrected chi connectivity index (χ0v) is 38.3. The molecule has 3 aromatic carbocycles. The van der Waals surface area contributed by atoms with Crippen LogP contribution in [0.1, 0.15) is 77.6 Å². The van der Waals surface area contributed by atoms with Gasteiger partial charge in [0.25, 0.3) is 11.8 Å². The molecule has 11 rings (SSSR count). The molecule has 69 heavy (non-hydrogen) atoms. The SMILES string of the molecule is C#Cc1cccc2cccc(-c3ncc4c(N5CC6CCCCC(C5)N6)nc(OCCN5CCN(C(=O)C6CCN(c7ccc8c(c7)C(=O)N(C7CCC(=O)NC7=O)C8=O)CC6)CC5)nc4c3F)c12. The lowest BCUT2D eigenvalue weighted by atomic mass is 9.94. The second-order valence-corrected chi connectivity index (χ2v) is 19.1. The molecule has 5 aromatic rings. The van der Waals surface area contributed by atoms with Crippen LogP contribution in [-0.2, 0) is 14.4 Å². The van der Waals surface area contributed by atoms with E-state index in [1.807, 2.05) is 41.3 Å². The summed E-state index contributed by atoms with van der Waals surface area (Å²) in [5.74, 6) is 0.683. The normalized spacial score (nSPS) is 22.5. The minimum absolute atomic E-state index is 0.0589. The number of hydrogen-bond donors (Lipinski definition) is 2. The van der Waals surface area contributed by atoms with Gasteiger partial charge in [-0.15, -0.1) is 6.42 Å². The Balaban J connectivity index is 0.728. The van der Waals surface area contributed by atoms with Gasteiger partial charge < -0.3 is 24.8 Å². The molecular formula is C52H53FN10O6. The van der Waals surface area contributed by atoms with Crippen LogP contribution in [-0.4, -0.2) is 143 Å². The van der Waals surface area contributed by atoms with Crippen molar-refractivity contribution in [3.8, 4) is 29.6 Å². The van der Waals surface area contributed by atoms with E-state index in [4.69, 9.17) is 26.1 Å². The molecule has 0 spiro atoms. The molecule has 3 atom stereocenters. The van der Waals surface area contributed by atoms with Crippen molar-refractivity contribution in [2.45, 2.75) is 69.5 Å². The van der Waals surface area contributed by atoms with Crippen molar-refractivity contribution < 1.29 is 33.1 Å². The van der Waals surface area contributed by atoms with Gasteiger partial charge in [-0.25, -0.2) is 4.39 Å². The molecule has 5 saturated heterocycles. The third-order valence-corrected chi connectivity index (χ3v) is 14.9. The number of carbonyl (C=O) groups excluding carboxylic acids is 5. The van der Waals surface area contributed by atoms with Crippen LogP contribution in [0.15, 0.2) is 60.8 Å². The van der Waals surface area contributed by atoms with Gasteiger partial charge >= 0.3 is 6.01 Å². The molecule has 2 aromatic heterocycles. The van der Waals surface area contributed by atoms with Crippen LogP contribution in [0.3, 0.4) is 0 Å². The maximum atomic E-state index is 17.1. The van der Waals surface area contributed by atoms with Crippen LogP contribution in [0.4, 0.5) is 15.9 Å². The first-order valence-corrected chi connectivity index (χ1v) is 24.2. The van der Waals surface area contributed by atoms with Crippen molar-refractivity contribution in [1.82, 2.24) is 40.3 Å². The Morgan fingerprint density at radius 1 is 0.826 bits per heavy atom. The monoisotopic (exact) mass is 932 g/mol. The molecule has 8 heterocycles. The topological polar surface area (TPSA) is 174 Å². The van der Waals surface area contributed by atoms with Crippen molar-refractivity contribution in [1.29, 1.82) is 0 Å². The van der Waals surface area contributed by atoms with Gasteiger partial charge in [-0.2, -0.15) is 9.97 Å². The van der Waals surface area contributed by atoms with Gasteiger partial charge in [0.1, 0.15) is 29.7 Å². The lowest BCUT2D eigenvalue weighted by molar-refractivity contribution is -0.138. The van der Waals surface area contributed by atoms with Gasteiger partial charge in [0.05, 0.1) is 16.5 Å². The number of aromatic nitrogens is 3. The fraction of sp³-hybridized carbons (Fsp3) is 0.423. The molecule has 2 bridgehead atoms. The van der Waals surface area contributed by atoms with Crippen molar-refractivity contribution in [2.75, 3.05) is 75.3 Å². The van der Waals surface area contributed by atoms with Gasteiger partial charge in [0.15, 0.2) is 5.82 Å². The second kappa shape index (κ2) is 18.5. The maximum absolute atomic E-state index is 17.1. The minimum atomic E-state index is -1.02. The molecule has 6 aliphatic heterocycles. The predicted octanol–water partition coefficient (Wildman–Crippen LogP) is 4.53. The summed E-state index contributed by atoms with van der Waals surface area (Å²) in [5, 5.41) is 8.20. The van der Waals surface area contributed by atoms with Crippen molar-refractivity contribution in [2.24, 2.45) is 5.92 Å². The van der Waals surface area contributed by atoms with E-state index in [0.29, 0.717) is 93.1 Å². The molecule has 6 aliphatic rings. The summed E-state index contributed by atoms with van der Waals surface area (Å²) in [5.41, 5.74) is 2.81. The Bertz CT molecular complexity index is 2940. The molecule has 5 amide bonds. The number of imide groups is 2. The first kappa shape index (κ1) is 44.5. The van der Waals surface area contributed by atoms with E-state index < -0.39 is 35.5 Å². The van der Waals surface area contributed by atoms with Gasteiger partial charge in [0.2, 0.25) is 17.7 Å². The summed E-state index contributed by atoms with van der Waals surface area (Å²) >= 11 is 0. The molecule has 3 unspecified atom stereocenters. The fourth-order valence-electron chi connectivity index (χ4n) is 11.3. The third kappa shape index (κ3) is 8.39. The van der Waals surface area contributed by atoms with Crippen molar-refractivity contribution in [3.63, 3.8) is 0 Å². The van der Waals surface area contributed by atoms with E-state index in [1.54, 1.807) is 24.4 Å². The number of amides is 5. The highest BCUT2D eigenvalue weighted by Crippen LogP contribution is 2.38. The maximum Gasteiger partial charge on any atom is 0.319 e. The van der Waals surface area contributed by atoms with Crippen LogP contribution in [0.25, 0.3) is 32.9 Å². The molecule has 0 saturated carbocycles. The Morgan fingerprint density at radius 3 is 2.30 bits per heavy atom. The molecule has 0 radical (unpaired) electrons. The molecular weight excluding hydrogens is 880 g/mol. The number of piperazine rings is 2.